The van der Waals surface area contributed by atoms with E-state index in [9.17, 15) is 9.18 Å². The molecule has 19 heavy (non-hydrogen) atoms. The number of hydrazine groups is 1. The van der Waals surface area contributed by atoms with Gasteiger partial charge in [-0.15, -0.1) is 0 Å². The maximum atomic E-state index is 13.8. The number of likely N-dealkylation sites (tertiary alicyclic amines) is 1. The first-order chi connectivity index (χ1) is 9.10. The molecule has 1 aliphatic rings. The minimum absolute atomic E-state index is 0.246. The molecule has 5 N–H and O–H groups in total. The average molecular weight is 266 g/mol. The van der Waals surface area contributed by atoms with Crippen molar-refractivity contribution in [1.82, 2.24) is 10.3 Å². The maximum Gasteiger partial charge on any atom is 0.265 e. The predicted octanol–water partition coefficient (Wildman–Crippen LogP) is 0.352. The summed E-state index contributed by atoms with van der Waals surface area (Å²) < 4.78 is 13.8. The molecule has 2 rings (SSSR count). The number of hydrogen-bond donors (Lipinski definition) is 3. The molecule has 0 spiro atoms. The van der Waals surface area contributed by atoms with Crippen LogP contribution >= 0.6 is 0 Å². The molecule has 1 aromatic rings. The van der Waals surface area contributed by atoms with Crippen molar-refractivity contribution in [2.45, 2.75) is 25.4 Å². The number of nitrogens with one attached hydrogen (secondary N) is 1. The summed E-state index contributed by atoms with van der Waals surface area (Å²) in [6.07, 6.45) is 1.84. The lowest BCUT2D eigenvalue weighted by Gasteiger charge is -2.30. The van der Waals surface area contributed by atoms with Gasteiger partial charge in [-0.05, 0) is 44.1 Å². The number of benzene rings is 1. The largest absolute Gasteiger partial charge is 0.328 e. The minimum atomic E-state index is -0.415. The van der Waals surface area contributed by atoms with Gasteiger partial charge < -0.3 is 5.73 Å². The Labute approximate surface area is 111 Å². The Kier molecular flexibility index (Phi) is 4.47. The van der Waals surface area contributed by atoms with Gasteiger partial charge >= 0.3 is 0 Å². The fourth-order valence-corrected chi connectivity index (χ4v) is 2.27. The van der Waals surface area contributed by atoms with E-state index in [4.69, 9.17) is 11.6 Å². The molecular formula is C13H19FN4O. The SMILES string of the molecule is NNC(=O)c1ccc(F)c(CN2CCC(N)CC2)c1. The predicted molar refractivity (Wildman–Crippen MR) is 70.5 cm³/mol. The molecule has 0 radical (unpaired) electrons. The number of piperidine rings is 1. The van der Waals surface area contributed by atoms with Crippen molar-refractivity contribution in [3.8, 4) is 0 Å². The minimum Gasteiger partial charge on any atom is -0.328 e. The van der Waals surface area contributed by atoms with E-state index in [0.29, 0.717) is 17.7 Å². The first-order valence-electron chi connectivity index (χ1n) is 6.37. The highest BCUT2D eigenvalue weighted by Gasteiger charge is 2.18. The number of carbonyl (C=O) groups excluding carboxylic acids is 1. The smallest absolute Gasteiger partial charge is 0.265 e. The van der Waals surface area contributed by atoms with Crippen LogP contribution in [0, 0.1) is 5.82 Å². The molecule has 1 saturated heterocycles. The van der Waals surface area contributed by atoms with Crippen molar-refractivity contribution in [3.05, 3.63) is 35.1 Å². The van der Waals surface area contributed by atoms with Crippen LogP contribution in [-0.4, -0.2) is 29.9 Å². The van der Waals surface area contributed by atoms with Crippen molar-refractivity contribution < 1.29 is 9.18 Å². The van der Waals surface area contributed by atoms with Gasteiger partial charge in [-0.1, -0.05) is 0 Å². The van der Waals surface area contributed by atoms with Crippen LogP contribution < -0.4 is 17.0 Å². The second-order valence-corrected chi connectivity index (χ2v) is 4.89. The highest BCUT2D eigenvalue weighted by molar-refractivity contribution is 5.93. The van der Waals surface area contributed by atoms with Gasteiger partial charge in [0.15, 0.2) is 0 Å². The number of halogens is 1. The summed E-state index contributed by atoms with van der Waals surface area (Å²) in [6.45, 7) is 2.20. The molecule has 1 aromatic carbocycles. The third-order valence-corrected chi connectivity index (χ3v) is 3.47. The topological polar surface area (TPSA) is 84.4 Å². The Morgan fingerprint density at radius 2 is 2.11 bits per heavy atom. The fourth-order valence-electron chi connectivity index (χ4n) is 2.27. The van der Waals surface area contributed by atoms with Crippen LogP contribution in [-0.2, 0) is 6.54 Å². The Morgan fingerprint density at radius 3 is 2.74 bits per heavy atom. The van der Waals surface area contributed by atoms with Crippen LogP contribution in [0.3, 0.4) is 0 Å². The molecule has 1 aliphatic heterocycles. The molecule has 0 unspecified atom stereocenters. The van der Waals surface area contributed by atoms with Crippen LogP contribution in [0.25, 0.3) is 0 Å². The third kappa shape index (κ3) is 3.50. The standard InChI is InChI=1S/C13H19FN4O/c14-12-2-1-9(13(19)17-16)7-10(12)8-18-5-3-11(15)4-6-18/h1-2,7,11H,3-6,8,15-16H2,(H,17,19). The van der Waals surface area contributed by atoms with Crippen LogP contribution in [0.1, 0.15) is 28.8 Å². The normalized spacial score (nSPS) is 17.4. The summed E-state index contributed by atoms with van der Waals surface area (Å²) in [5.41, 5.74) is 8.76. The van der Waals surface area contributed by atoms with E-state index >= 15 is 0 Å². The van der Waals surface area contributed by atoms with Crippen molar-refractivity contribution in [2.24, 2.45) is 11.6 Å². The summed E-state index contributed by atoms with van der Waals surface area (Å²) in [7, 11) is 0. The van der Waals surface area contributed by atoms with E-state index < -0.39 is 5.91 Å². The zero-order valence-corrected chi connectivity index (χ0v) is 10.7. The van der Waals surface area contributed by atoms with E-state index in [2.05, 4.69) is 4.90 Å². The summed E-state index contributed by atoms with van der Waals surface area (Å²) in [6, 6.07) is 4.52. The van der Waals surface area contributed by atoms with Crippen molar-refractivity contribution >= 4 is 5.91 Å². The molecule has 0 aromatic heterocycles. The lowest BCUT2D eigenvalue weighted by molar-refractivity contribution is 0.0953. The van der Waals surface area contributed by atoms with Crippen molar-refractivity contribution in [3.63, 3.8) is 0 Å². The van der Waals surface area contributed by atoms with Crippen LogP contribution in [0.15, 0.2) is 18.2 Å². The highest BCUT2D eigenvalue weighted by Crippen LogP contribution is 2.16. The zero-order valence-electron chi connectivity index (χ0n) is 10.7. The van der Waals surface area contributed by atoms with Crippen LogP contribution in [0.4, 0.5) is 4.39 Å². The van der Waals surface area contributed by atoms with Crippen LogP contribution in [0.5, 0.6) is 0 Å². The Balaban J connectivity index is 2.08. The number of rotatable bonds is 3. The Hall–Kier alpha value is -1.50. The van der Waals surface area contributed by atoms with Gasteiger partial charge in [0.05, 0.1) is 0 Å². The lowest BCUT2D eigenvalue weighted by atomic mass is 10.0. The van der Waals surface area contributed by atoms with Gasteiger partial charge in [0.1, 0.15) is 5.82 Å². The van der Waals surface area contributed by atoms with E-state index in [1.165, 1.54) is 12.1 Å². The van der Waals surface area contributed by atoms with Gasteiger partial charge in [0.25, 0.3) is 5.91 Å². The molecule has 104 valence electrons. The van der Waals surface area contributed by atoms with Gasteiger partial charge in [-0.25, -0.2) is 10.2 Å². The molecule has 0 atom stereocenters. The molecule has 6 heteroatoms. The van der Waals surface area contributed by atoms with Gasteiger partial charge in [-0.2, -0.15) is 0 Å². The quantitative estimate of drug-likeness (QED) is 0.419. The third-order valence-electron chi connectivity index (χ3n) is 3.47. The van der Waals surface area contributed by atoms with E-state index in [1.807, 2.05) is 5.43 Å². The number of nitrogen functional groups attached to an aromatic ring is 1. The van der Waals surface area contributed by atoms with Crippen molar-refractivity contribution in [2.75, 3.05) is 13.1 Å². The average Bonchev–Trinajstić information content (AvgIpc) is 2.43. The molecule has 0 aliphatic carbocycles. The molecular weight excluding hydrogens is 247 g/mol. The number of nitrogens with two attached hydrogens (primary N) is 2. The lowest BCUT2D eigenvalue weighted by Crippen LogP contribution is -2.39. The Bertz CT molecular complexity index is 458. The second-order valence-electron chi connectivity index (χ2n) is 4.89. The molecule has 0 bridgehead atoms. The fraction of sp³-hybridized carbons (Fsp3) is 0.462. The summed E-state index contributed by atoms with van der Waals surface area (Å²) >= 11 is 0. The van der Waals surface area contributed by atoms with Crippen molar-refractivity contribution in [1.29, 1.82) is 0 Å². The first-order valence-corrected chi connectivity index (χ1v) is 6.37. The van der Waals surface area contributed by atoms with Crippen LogP contribution in [0.2, 0.25) is 0 Å². The van der Waals surface area contributed by atoms with E-state index in [1.54, 1.807) is 6.07 Å². The number of nitrogens with zero attached hydrogens (tertiary/aromatic N) is 1. The molecule has 1 heterocycles. The number of hydrogen-bond acceptors (Lipinski definition) is 4. The molecule has 1 amide bonds. The number of carbonyl (C=O) groups is 1. The maximum absolute atomic E-state index is 13.8. The molecule has 5 nitrogen and oxygen atoms in total. The molecule has 0 saturated carbocycles. The molecule has 1 fully saturated rings. The highest BCUT2D eigenvalue weighted by atomic mass is 19.1. The van der Waals surface area contributed by atoms with E-state index in [0.717, 1.165) is 25.9 Å². The van der Waals surface area contributed by atoms with Gasteiger partial charge in [0, 0.05) is 23.7 Å². The first kappa shape index (κ1) is 13.9. The zero-order chi connectivity index (χ0) is 13.8. The summed E-state index contributed by atoms with van der Waals surface area (Å²) in [4.78, 5) is 13.6. The summed E-state index contributed by atoms with van der Waals surface area (Å²) in [5.74, 6) is 4.36. The van der Waals surface area contributed by atoms with Gasteiger partial charge in [-0.3, -0.25) is 15.1 Å². The number of amides is 1. The summed E-state index contributed by atoms with van der Waals surface area (Å²) in [5, 5.41) is 0. The monoisotopic (exact) mass is 266 g/mol. The Morgan fingerprint density at radius 1 is 1.42 bits per heavy atom. The second kappa shape index (κ2) is 6.10. The van der Waals surface area contributed by atoms with E-state index in [-0.39, 0.29) is 11.9 Å². The van der Waals surface area contributed by atoms with Gasteiger partial charge in [0.2, 0.25) is 0 Å².